The maximum atomic E-state index is 12.0. The zero-order valence-electron chi connectivity index (χ0n) is 21.1. The van der Waals surface area contributed by atoms with Crippen molar-refractivity contribution in [2.45, 2.75) is 57.3 Å². The van der Waals surface area contributed by atoms with E-state index in [1.54, 1.807) is 6.08 Å². The van der Waals surface area contributed by atoms with Crippen LogP contribution in [-0.4, -0.2) is 43.1 Å². The Morgan fingerprint density at radius 1 is 0.811 bits per heavy atom. The fourth-order valence-electron chi connectivity index (χ4n) is 4.39. The lowest BCUT2D eigenvalue weighted by Crippen LogP contribution is -2.45. The first kappa shape index (κ1) is 26.8. The number of hydrogen-bond donors (Lipinski definition) is 0. The van der Waals surface area contributed by atoms with Gasteiger partial charge >= 0.3 is 5.97 Å². The molecule has 0 amide bonds. The highest BCUT2D eigenvalue weighted by Gasteiger charge is 2.49. The molecule has 0 radical (unpaired) electrons. The van der Waals surface area contributed by atoms with Gasteiger partial charge in [0, 0.05) is 6.92 Å². The maximum Gasteiger partial charge on any atom is 0.303 e. The summed E-state index contributed by atoms with van der Waals surface area (Å²) in [5.41, 5.74) is 3.09. The second kappa shape index (κ2) is 13.9. The van der Waals surface area contributed by atoms with Crippen molar-refractivity contribution in [1.29, 1.82) is 0 Å². The molecule has 0 saturated carbocycles. The van der Waals surface area contributed by atoms with E-state index in [0.717, 1.165) is 16.7 Å². The summed E-state index contributed by atoms with van der Waals surface area (Å²) >= 11 is 0. The lowest BCUT2D eigenvalue weighted by molar-refractivity contribution is -0.167. The summed E-state index contributed by atoms with van der Waals surface area (Å²) in [6, 6.07) is 29.7. The number of carbonyl (C=O) groups is 1. The van der Waals surface area contributed by atoms with Crippen molar-refractivity contribution in [2.75, 3.05) is 6.61 Å². The zero-order valence-corrected chi connectivity index (χ0v) is 21.1. The number of ether oxygens (including phenoxy) is 5. The average molecular weight is 503 g/mol. The lowest BCUT2D eigenvalue weighted by Gasteiger charge is -2.29. The molecule has 194 valence electrons. The van der Waals surface area contributed by atoms with Crippen LogP contribution in [0.3, 0.4) is 0 Å². The summed E-state index contributed by atoms with van der Waals surface area (Å²) in [5.74, 6) is -0.414. The third-order valence-corrected chi connectivity index (χ3v) is 6.17. The van der Waals surface area contributed by atoms with E-state index in [-0.39, 0.29) is 6.61 Å². The van der Waals surface area contributed by atoms with Crippen molar-refractivity contribution < 1.29 is 28.5 Å². The summed E-state index contributed by atoms with van der Waals surface area (Å²) in [7, 11) is 0. The molecule has 0 spiro atoms. The molecule has 1 aliphatic rings. The van der Waals surface area contributed by atoms with Crippen LogP contribution in [0.4, 0.5) is 0 Å². The van der Waals surface area contributed by atoms with E-state index in [4.69, 9.17) is 23.7 Å². The monoisotopic (exact) mass is 502 g/mol. The first-order valence-electron chi connectivity index (χ1n) is 12.5. The molecule has 0 unspecified atom stereocenters. The van der Waals surface area contributed by atoms with Crippen LogP contribution in [0, 0.1) is 0 Å². The molecule has 37 heavy (non-hydrogen) atoms. The van der Waals surface area contributed by atoms with Gasteiger partial charge in [-0.3, -0.25) is 4.79 Å². The van der Waals surface area contributed by atoms with E-state index in [2.05, 4.69) is 6.58 Å². The van der Waals surface area contributed by atoms with Gasteiger partial charge < -0.3 is 23.7 Å². The Labute approximate surface area is 218 Å². The van der Waals surface area contributed by atoms with Crippen LogP contribution in [0.15, 0.2) is 104 Å². The number of benzene rings is 3. The first-order chi connectivity index (χ1) is 18.1. The normalized spacial score (nSPS) is 21.9. The number of carbonyl (C=O) groups excluding carboxylic acids is 1. The van der Waals surface area contributed by atoms with Gasteiger partial charge in [-0.1, -0.05) is 97.1 Å². The molecular weight excluding hydrogens is 468 g/mol. The standard InChI is InChI=1S/C31H34O6/c1-3-27-29(34-20-25-15-9-5-10-16-25)31(35-21-26-17-11-6-12-18-26)30(37-27)28(36-23(2)32)22-33-19-24-13-7-4-8-14-24/h3-18,27-31H,1,19-22H2,2H3/t27-,28-,29+,30-,31-/m1/s1. The minimum atomic E-state index is -0.685. The Kier molecular flexibility index (Phi) is 10.0. The zero-order chi connectivity index (χ0) is 25.9. The van der Waals surface area contributed by atoms with Gasteiger partial charge in [0.05, 0.1) is 26.4 Å². The SMILES string of the molecule is C=C[C@H]1O[C@H]([C@@H](COCc2ccccc2)OC(C)=O)[C@H](OCc2ccccc2)[C@H]1OCc1ccccc1. The molecule has 3 aromatic rings. The van der Waals surface area contributed by atoms with Crippen LogP contribution in [0.1, 0.15) is 23.6 Å². The van der Waals surface area contributed by atoms with Crippen LogP contribution < -0.4 is 0 Å². The molecule has 1 fully saturated rings. The van der Waals surface area contributed by atoms with Gasteiger partial charge in [-0.05, 0) is 16.7 Å². The van der Waals surface area contributed by atoms with E-state index >= 15 is 0 Å². The fraction of sp³-hybridized carbons (Fsp3) is 0.323. The van der Waals surface area contributed by atoms with E-state index < -0.39 is 36.5 Å². The van der Waals surface area contributed by atoms with Crippen LogP contribution >= 0.6 is 0 Å². The second-order valence-electron chi connectivity index (χ2n) is 8.97. The van der Waals surface area contributed by atoms with Gasteiger partial charge in [0.2, 0.25) is 0 Å². The van der Waals surface area contributed by atoms with E-state index in [1.807, 2.05) is 91.0 Å². The van der Waals surface area contributed by atoms with Crippen LogP contribution in [-0.2, 0) is 48.3 Å². The van der Waals surface area contributed by atoms with Crippen molar-refractivity contribution >= 4 is 5.97 Å². The van der Waals surface area contributed by atoms with Gasteiger partial charge in [0.15, 0.2) is 6.10 Å². The van der Waals surface area contributed by atoms with Gasteiger partial charge in [-0.25, -0.2) is 0 Å². The fourth-order valence-corrected chi connectivity index (χ4v) is 4.39. The van der Waals surface area contributed by atoms with Crippen LogP contribution in [0.25, 0.3) is 0 Å². The minimum Gasteiger partial charge on any atom is -0.457 e. The quantitative estimate of drug-likeness (QED) is 0.235. The van der Waals surface area contributed by atoms with Crippen LogP contribution in [0.2, 0.25) is 0 Å². The first-order valence-corrected chi connectivity index (χ1v) is 12.5. The average Bonchev–Trinajstić information content (AvgIpc) is 3.29. The number of esters is 1. The molecule has 0 N–H and O–H groups in total. The summed E-state index contributed by atoms with van der Waals surface area (Å²) in [6.45, 7) is 6.63. The minimum absolute atomic E-state index is 0.152. The van der Waals surface area contributed by atoms with Gasteiger partial charge in [0.25, 0.3) is 0 Å². The molecule has 3 aromatic carbocycles. The molecule has 0 bridgehead atoms. The third kappa shape index (κ3) is 7.84. The molecular formula is C31H34O6. The van der Waals surface area contributed by atoms with Crippen molar-refractivity contribution in [3.05, 3.63) is 120 Å². The van der Waals surface area contributed by atoms with Crippen molar-refractivity contribution in [3.63, 3.8) is 0 Å². The summed E-state index contributed by atoms with van der Waals surface area (Å²) < 4.78 is 30.8. The highest BCUT2D eigenvalue weighted by molar-refractivity contribution is 5.66. The molecule has 0 aromatic heterocycles. The van der Waals surface area contributed by atoms with Gasteiger partial charge in [-0.15, -0.1) is 6.58 Å². The van der Waals surface area contributed by atoms with Crippen LogP contribution in [0.5, 0.6) is 0 Å². The van der Waals surface area contributed by atoms with Crippen molar-refractivity contribution in [1.82, 2.24) is 0 Å². The van der Waals surface area contributed by atoms with E-state index in [0.29, 0.717) is 19.8 Å². The molecule has 1 saturated heterocycles. The largest absolute Gasteiger partial charge is 0.457 e. The Morgan fingerprint density at radius 3 is 1.78 bits per heavy atom. The van der Waals surface area contributed by atoms with Crippen molar-refractivity contribution in [3.8, 4) is 0 Å². The van der Waals surface area contributed by atoms with E-state index in [1.165, 1.54) is 6.92 Å². The number of hydrogen-bond acceptors (Lipinski definition) is 6. The van der Waals surface area contributed by atoms with Crippen molar-refractivity contribution in [2.24, 2.45) is 0 Å². The number of rotatable bonds is 13. The summed E-state index contributed by atoms with van der Waals surface area (Å²) in [6.07, 6.45) is -0.983. The molecule has 1 heterocycles. The lowest BCUT2D eigenvalue weighted by atomic mass is 10.0. The molecule has 6 nitrogen and oxygen atoms in total. The Hall–Kier alpha value is -3.29. The molecule has 5 atom stereocenters. The predicted octanol–water partition coefficient (Wildman–Crippen LogP) is 5.26. The molecule has 0 aliphatic carbocycles. The Morgan fingerprint density at radius 2 is 1.30 bits per heavy atom. The highest BCUT2D eigenvalue weighted by Crippen LogP contribution is 2.32. The van der Waals surface area contributed by atoms with Gasteiger partial charge in [-0.2, -0.15) is 0 Å². The Bertz CT molecular complexity index is 1090. The molecule has 6 heteroatoms. The second-order valence-corrected chi connectivity index (χ2v) is 8.97. The highest BCUT2D eigenvalue weighted by atomic mass is 16.6. The predicted molar refractivity (Wildman–Crippen MR) is 141 cm³/mol. The van der Waals surface area contributed by atoms with Gasteiger partial charge in [0.1, 0.15) is 24.4 Å². The molecule has 4 rings (SSSR count). The Balaban J connectivity index is 1.52. The third-order valence-electron chi connectivity index (χ3n) is 6.17. The summed E-state index contributed by atoms with van der Waals surface area (Å²) in [4.78, 5) is 12.0. The maximum absolute atomic E-state index is 12.0. The summed E-state index contributed by atoms with van der Waals surface area (Å²) in [5, 5.41) is 0. The smallest absolute Gasteiger partial charge is 0.303 e. The van der Waals surface area contributed by atoms with E-state index in [9.17, 15) is 4.79 Å². The molecule has 1 aliphatic heterocycles. The topological polar surface area (TPSA) is 63.2 Å².